The van der Waals surface area contributed by atoms with Crippen molar-refractivity contribution in [3.8, 4) is 0 Å². The second kappa shape index (κ2) is 6.53. The molecule has 0 unspecified atom stereocenters. The van der Waals surface area contributed by atoms with Gasteiger partial charge in [0.25, 0.3) is 10.0 Å². The Labute approximate surface area is 142 Å². The number of thiophene rings is 1. The smallest absolute Gasteiger partial charge is 0.272 e. The minimum atomic E-state index is -3.62. The highest BCUT2D eigenvalue weighted by atomic mass is 35.5. The average molecular weight is 367 g/mol. The molecule has 0 atom stereocenters. The van der Waals surface area contributed by atoms with Crippen LogP contribution in [0.5, 0.6) is 0 Å². The van der Waals surface area contributed by atoms with Gasteiger partial charge in [-0.05, 0) is 47.8 Å². The van der Waals surface area contributed by atoms with Crippen LogP contribution in [0.25, 0.3) is 0 Å². The molecule has 23 heavy (non-hydrogen) atoms. The van der Waals surface area contributed by atoms with Crippen LogP contribution in [-0.2, 0) is 10.0 Å². The van der Waals surface area contributed by atoms with E-state index in [0.717, 1.165) is 17.0 Å². The molecule has 1 aromatic carbocycles. The number of sulfonamides is 1. The minimum absolute atomic E-state index is 0.153. The van der Waals surface area contributed by atoms with E-state index in [1.807, 2.05) is 0 Å². The van der Waals surface area contributed by atoms with Crippen LogP contribution in [-0.4, -0.2) is 18.6 Å². The van der Waals surface area contributed by atoms with Gasteiger partial charge in [-0.3, -0.25) is 4.72 Å². The Hall–Kier alpha value is -2.16. The predicted octanol–water partition coefficient (Wildman–Crippen LogP) is 3.74. The lowest BCUT2D eigenvalue weighted by atomic mass is 10.3. The molecule has 0 saturated carbocycles. The van der Waals surface area contributed by atoms with Gasteiger partial charge in [0.1, 0.15) is 4.21 Å². The lowest BCUT2D eigenvalue weighted by Crippen LogP contribution is -2.13. The first-order chi connectivity index (χ1) is 11.0. The molecule has 2 N–H and O–H groups in total. The van der Waals surface area contributed by atoms with Crippen LogP contribution in [0.1, 0.15) is 0 Å². The highest BCUT2D eigenvalue weighted by Gasteiger charge is 2.15. The summed E-state index contributed by atoms with van der Waals surface area (Å²) in [7, 11) is -3.62. The predicted molar refractivity (Wildman–Crippen MR) is 91.9 cm³/mol. The number of hydrogen-bond donors (Lipinski definition) is 2. The van der Waals surface area contributed by atoms with E-state index in [4.69, 9.17) is 11.6 Å². The molecule has 6 nitrogen and oxygen atoms in total. The Kier molecular flexibility index (Phi) is 4.46. The molecule has 9 heteroatoms. The number of nitrogens with zero attached hydrogens (tertiary/aromatic N) is 2. The first-order valence-corrected chi connectivity index (χ1v) is 9.20. The molecule has 0 spiro atoms. The SMILES string of the molecule is O=S(=O)(Nc1ccc(Nc2ccc(Cl)cc2)nn1)c1cccs1. The normalized spacial score (nSPS) is 11.2. The van der Waals surface area contributed by atoms with Gasteiger partial charge >= 0.3 is 0 Å². The van der Waals surface area contributed by atoms with Gasteiger partial charge in [0.15, 0.2) is 11.6 Å². The number of halogens is 1. The van der Waals surface area contributed by atoms with Gasteiger partial charge in [-0.25, -0.2) is 8.42 Å². The molecule has 0 aliphatic carbocycles. The Balaban J connectivity index is 1.71. The standard InChI is InChI=1S/C14H11ClN4O2S2/c15-10-3-5-11(6-4-10)16-12-7-8-13(18-17-12)19-23(20,21)14-2-1-9-22-14/h1-9H,(H,16,17)(H,18,19). The van der Waals surface area contributed by atoms with Crippen molar-refractivity contribution in [1.29, 1.82) is 0 Å². The Morgan fingerprint density at radius 2 is 1.65 bits per heavy atom. The molecule has 0 bridgehead atoms. The van der Waals surface area contributed by atoms with Crippen molar-refractivity contribution < 1.29 is 8.42 Å². The van der Waals surface area contributed by atoms with E-state index in [2.05, 4.69) is 20.2 Å². The summed E-state index contributed by atoms with van der Waals surface area (Å²) >= 11 is 6.95. The lowest BCUT2D eigenvalue weighted by Gasteiger charge is -2.07. The zero-order valence-corrected chi connectivity index (χ0v) is 14.0. The maximum Gasteiger partial charge on any atom is 0.272 e. The fourth-order valence-electron chi connectivity index (χ4n) is 1.74. The maximum absolute atomic E-state index is 12.1. The molecule has 2 heterocycles. The van der Waals surface area contributed by atoms with Gasteiger partial charge in [0, 0.05) is 10.7 Å². The summed E-state index contributed by atoms with van der Waals surface area (Å²) in [6.45, 7) is 0. The van der Waals surface area contributed by atoms with E-state index in [1.165, 1.54) is 12.1 Å². The number of nitrogens with one attached hydrogen (secondary N) is 2. The molecule has 3 rings (SSSR count). The third-order valence-corrected chi connectivity index (χ3v) is 5.78. The summed E-state index contributed by atoms with van der Waals surface area (Å²) < 4.78 is 26.8. The molecule has 0 amide bonds. The van der Waals surface area contributed by atoms with Crippen LogP contribution in [0.3, 0.4) is 0 Å². The van der Waals surface area contributed by atoms with Crippen molar-refractivity contribution in [2.45, 2.75) is 4.21 Å². The van der Waals surface area contributed by atoms with Gasteiger partial charge < -0.3 is 5.32 Å². The minimum Gasteiger partial charge on any atom is -0.339 e. The third-order valence-electron chi connectivity index (χ3n) is 2.78. The van der Waals surface area contributed by atoms with Crippen LogP contribution in [0.4, 0.5) is 17.3 Å². The van der Waals surface area contributed by atoms with Gasteiger partial charge in [0.2, 0.25) is 0 Å². The summed E-state index contributed by atoms with van der Waals surface area (Å²) in [5, 5.41) is 13.2. The van der Waals surface area contributed by atoms with Crippen LogP contribution in [0, 0.1) is 0 Å². The topological polar surface area (TPSA) is 84.0 Å². The second-order valence-electron chi connectivity index (χ2n) is 4.47. The third kappa shape index (κ3) is 3.98. The quantitative estimate of drug-likeness (QED) is 0.718. The molecule has 118 valence electrons. The zero-order chi connectivity index (χ0) is 16.3. The molecule has 2 aromatic heterocycles. The number of benzene rings is 1. The second-order valence-corrected chi connectivity index (χ2v) is 7.77. The highest BCUT2D eigenvalue weighted by Crippen LogP contribution is 2.20. The summed E-state index contributed by atoms with van der Waals surface area (Å²) in [5.41, 5.74) is 0.801. The molecule has 0 aliphatic heterocycles. The number of aromatic nitrogens is 2. The van der Waals surface area contributed by atoms with Gasteiger partial charge in [-0.2, -0.15) is 0 Å². The number of rotatable bonds is 5. The van der Waals surface area contributed by atoms with E-state index < -0.39 is 10.0 Å². The largest absolute Gasteiger partial charge is 0.339 e. The summed E-state index contributed by atoms with van der Waals surface area (Å²) in [6.07, 6.45) is 0. The molecule has 0 saturated heterocycles. The van der Waals surface area contributed by atoms with E-state index in [0.29, 0.717) is 10.8 Å². The Bertz CT molecular complexity index is 880. The average Bonchev–Trinajstić information content (AvgIpc) is 3.07. The van der Waals surface area contributed by atoms with Crippen LogP contribution >= 0.6 is 22.9 Å². The van der Waals surface area contributed by atoms with Crippen molar-refractivity contribution in [2.24, 2.45) is 0 Å². The molecule has 0 fully saturated rings. The van der Waals surface area contributed by atoms with Crippen LogP contribution in [0.15, 0.2) is 58.1 Å². The van der Waals surface area contributed by atoms with Crippen molar-refractivity contribution in [3.63, 3.8) is 0 Å². The Morgan fingerprint density at radius 1 is 0.957 bits per heavy atom. The first kappa shape index (κ1) is 15.7. The monoisotopic (exact) mass is 366 g/mol. The van der Waals surface area contributed by atoms with Crippen molar-refractivity contribution in [2.75, 3.05) is 10.0 Å². The van der Waals surface area contributed by atoms with E-state index >= 15 is 0 Å². The van der Waals surface area contributed by atoms with Gasteiger partial charge in [-0.1, -0.05) is 17.7 Å². The van der Waals surface area contributed by atoms with Crippen molar-refractivity contribution in [1.82, 2.24) is 10.2 Å². The van der Waals surface area contributed by atoms with Gasteiger partial charge in [0.05, 0.1) is 0 Å². The van der Waals surface area contributed by atoms with Crippen LogP contribution in [0.2, 0.25) is 5.02 Å². The van der Waals surface area contributed by atoms with Crippen molar-refractivity contribution >= 4 is 50.3 Å². The molecule has 0 radical (unpaired) electrons. The highest BCUT2D eigenvalue weighted by molar-refractivity contribution is 7.94. The molecular formula is C14H11ClN4O2S2. The van der Waals surface area contributed by atoms with Gasteiger partial charge in [-0.15, -0.1) is 21.5 Å². The molecular weight excluding hydrogens is 356 g/mol. The van der Waals surface area contributed by atoms with E-state index in [-0.39, 0.29) is 10.0 Å². The number of anilines is 3. The molecule has 0 aliphatic rings. The fraction of sp³-hybridized carbons (Fsp3) is 0. The molecule has 3 aromatic rings. The summed E-state index contributed by atoms with van der Waals surface area (Å²) in [6, 6.07) is 13.5. The zero-order valence-electron chi connectivity index (χ0n) is 11.6. The van der Waals surface area contributed by atoms with Crippen molar-refractivity contribution in [3.05, 3.63) is 58.9 Å². The maximum atomic E-state index is 12.1. The van der Waals surface area contributed by atoms with E-state index in [9.17, 15) is 8.42 Å². The lowest BCUT2D eigenvalue weighted by molar-refractivity contribution is 0.603. The van der Waals surface area contributed by atoms with Crippen LogP contribution < -0.4 is 10.0 Å². The number of hydrogen-bond acceptors (Lipinski definition) is 6. The van der Waals surface area contributed by atoms with E-state index in [1.54, 1.807) is 41.8 Å². The Morgan fingerprint density at radius 3 is 2.26 bits per heavy atom. The summed E-state index contributed by atoms with van der Waals surface area (Å²) in [5.74, 6) is 0.645. The first-order valence-electron chi connectivity index (χ1n) is 6.45. The summed E-state index contributed by atoms with van der Waals surface area (Å²) in [4.78, 5) is 0. The fourth-order valence-corrected chi connectivity index (χ4v) is 3.85.